The lowest BCUT2D eigenvalue weighted by Crippen LogP contribution is -2.16. The zero-order valence-electron chi connectivity index (χ0n) is 21.6. The van der Waals surface area contributed by atoms with Gasteiger partial charge in [0.05, 0.1) is 13.0 Å². The van der Waals surface area contributed by atoms with Crippen molar-refractivity contribution in [3.63, 3.8) is 0 Å². The van der Waals surface area contributed by atoms with Crippen LogP contribution in [0.4, 0.5) is 4.39 Å². The molecule has 0 heterocycles. The molecule has 1 N–H and O–H groups in total. The summed E-state index contributed by atoms with van der Waals surface area (Å²) in [5.74, 6) is -0.472. The number of methoxy groups -OCH3 is 1. The maximum absolute atomic E-state index is 14.8. The van der Waals surface area contributed by atoms with Gasteiger partial charge in [0.2, 0.25) is 0 Å². The molecule has 5 heteroatoms. The molecule has 0 bridgehead atoms. The average molecular weight is 479 g/mol. The Morgan fingerprint density at radius 3 is 2.23 bits per heavy atom. The molecule has 3 atom stereocenters. The summed E-state index contributed by atoms with van der Waals surface area (Å²) in [4.78, 5) is 11.4. The van der Waals surface area contributed by atoms with Crippen molar-refractivity contribution in [2.24, 2.45) is 5.92 Å². The molecule has 0 radical (unpaired) electrons. The second-order valence-electron chi connectivity index (χ2n) is 10.1. The standard InChI is InChI=1S/C30H35FO4/c1-18(19(2)29(32)33)21-9-8-10-24(15-21)35-20(3)22-11-13-25(27(16-22)30(4,5)6)26-17-23(34-7)12-14-28(26)31/h8-20H,1-7H3,(H,32,33)/t18-,19?,20-/m1/s1. The highest BCUT2D eigenvalue weighted by Crippen LogP contribution is 2.38. The number of halogens is 1. The smallest absolute Gasteiger partial charge is 0.306 e. The molecule has 3 rings (SSSR count). The topological polar surface area (TPSA) is 55.8 Å². The summed E-state index contributed by atoms with van der Waals surface area (Å²) in [6.07, 6.45) is -0.261. The highest BCUT2D eigenvalue weighted by molar-refractivity contribution is 5.72. The van der Waals surface area contributed by atoms with Crippen LogP contribution in [0.2, 0.25) is 0 Å². The summed E-state index contributed by atoms with van der Waals surface area (Å²) < 4.78 is 26.4. The first kappa shape index (κ1) is 26.3. The van der Waals surface area contributed by atoms with Crippen molar-refractivity contribution in [1.29, 1.82) is 0 Å². The maximum Gasteiger partial charge on any atom is 0.306 e. The maximum atomic E-state index is 14.8. The normalized spacial score (nSPS) is 14.2. The Hall–Kier alpha value is -3.34. The number of carbonyl (C=O) groups is 1. The van der Waals surface area contributed by atoms with E-state index in [0.717, 1.165) is 22.3 Å². The Morgan fingerprint density at radius 2 is 1.60 bits per heavy atom. The van der Waals surface area contributed by atoms with Crippen molar-refractivity contribution in [2.75, 3.05) is 7.11 Å². The second kappa shape index (κ2) is 10.5. The van der Waals surface area contributed by atoms with Gasteiger partial charge >= 0.3 is 5.97 Å². The molecule has 0 aliphatic heterocycles. The fraction of sp³-hybridized carbons (Fsp3) is 0.367. The molecule has 0 saturated carbocycles. The highest BCUT2D eigenvalue weighted by atomic mass is 19.1. The number of carboxylic acid groups (broad SMARTS) is 1. The molecule has 0 aliphatic carbocycles. The molecule has 0 spiro atoms. The van der Waals surface area contributed by atoms with Crippen LogP contribution >= 0.6 is 0 Å². The van der Waals surface area contributed by atoms with Gasteiger partial charge < -0.3 is 14.6 Å². The van der Waals surface area contributed by atoms with E-state index in [1.165, 1.54) is 6.07 Å². The van der Waals surface area contributed by atoms with Crippen LogP contribution in [0, 0.1) is 11.7 Å². The van der Waals surface area contributed by atoms with Gasteiger partial charge in [-0.3, -0.25) is 4.79 Å². The summed E-state index contributed by atoms with van der Waals surface area (Å²) in [5.41, 5.74) is 3.99. The van der Waals surface area contributed by atoms with Crippen LogP contribution in [0.15, 0.2) is 60.7 Å². The number of hydrogen-bond donors (Lipinski definition) is 1. The minimum absolute atomic E-state index is 0.143. The Morgan fingerprint density at radius 1 is 0.886 bits per heavy atom. The average Bonchev–Trinajstić information content (AvgIpc) is 2.82. The Balaban J connectivity index is 1.94. The van der Waals surface area contributed by atoms with Crippen LogP contribution in [-0.4, -0.2) is 18.2 Å². The van der Waals surface area contributed by atoms with E-state index in [-0.39, 0.29) is 23.3 Å². The largest absolute Gasteiger partial charge is 0.497 e. The van der Waals surface area contributed by atoms with Gasteiger partial charge in [0, 0.05) is 5.56 Å². The first-order valence-corrected chi connectivity index (χ1v) is 11.9. The van der Waals surface area contributed by atoms with E-state index < -0.39 is 11.9 Å². The first-order valence-electron chi connectivity index (χ1n) is 11.9. The van der Waals surface area contributed by atoms with Crippen LogP contribution in [0.3, 0.4) is 0 Å². The van der Waals surface area contributed by atoms with Crippen LogP contribution in [0.5, 0.6) is 11.5 Å². The van der Waals surface area contributed by atoms with Gasteiger partial charge in [0.25, 0.3) is 0 Å². The predicted octanol–water partition coefficient (Wildman–Crippen LogP) is 7.76. The Labute approximate surface area is 207 Å². The van der Waals surface area contributed by atoms with E-state index in [9.17, 15) is 14.3 Å². The van der Waals surface area contributed by atoms with E-state index >= 15 is 0 Å². The SMILES string of the molecule is COc1ccc(F)c(-c2ccc([C@@H](C)Oc3cccc([C@H](C)C(C)C(=O)O)c3)cc2C(C)(C)C)c1. The van der Waals surface area contributed by atoms with Gasteiger partial charge in [-0.1, -0.05) is 65.0 Å². The monoisotopic (exact) mass is 478 g/mol. The van der Waals surface area contributed by atoms with E-state index in [4.69, 9.17) is 9.47 Å². The number of ether oxygens (including phenoxy) is 2. The third kappa shape index (κ3) is 6.02. The van der Waals surface area contributed by atoms with Gasteiger partial charge in [-0.2, -0.15) is 0 Å². The van der Waals surface area contributed by atoms with Crippen molar-refractivity contribution < 1.29 is 23.8 Å². The third-order valence-electron chi connectivity index (χ3n) is 6.62. The number of carboxylic acids is 1. The van der Waals surface area contributed by atoms with Crippen LogP contribution in [0.1, 0.15) is 70.3 Å². The summed E-state index contributed by atoms with van der Waals surface area (Å²) >= 11 is 0. The Bertz CT molecular complexity index is 1200. The number of hydrogen-bond acceptors (Lipinski definition) is 3. The minimum atomic E-state index is -0.820. The molecule has 0 aromatic heterocycles. The van der Waals surface area contributed by atoms with Gasteiger partial charge in [0.1, 0.15) is 23.4 Å². The number of benzene rings is 3. The second-order valence-corrected chi connectivity index (χ2v) is 10.1. The van der Waals surface area contributed by atoms with Gasteiger partial charge in [-0.05, 0) is 70.8 Å². The predicted molar refractivity (Wildman–Crippen MR) is 138 cm³/mol. The molecule has 0 amide bonds. The molecule has 0 aliphatic rings. The lowest BCUT2D eigenvalue weighted by Gasteiger charge is -2.26. The Kier molecular flexibility index (Phi) is 7.89. The van der Waals surface area contributed by atoms with Crippen LogP contribution < -0.4 is 9.47 Å². The summed E-state index contributed by atoms with van der Waals surface area (Å²) in [6.45, 7) is 11.9. The number of aliphatic carboxylic acids is 1. The van der Waals surface area contributed by atoms with E-state index in [1.54, 1.807) is 26.2 Å². The lowest BCUT2D eigenvalue weighted by molar-refractivity contribution is -0.141. The van der Waals surface area contributed by atoms with Gasteiger partial charge in [-0.15, -0.1) is 0 Å². The molecule has 3 aromatic rings. The van der Waals surface area contributed by atoms with Crippen LogP contribution in [0.25, 0.3) is 11.1 Å². The van der Waals surface area contributed by atoms with Crippen LogP contribution in [-0.2, 0) is 10.2 Å². The quantitative estimate of drug-likeness (QED) is 0.359. The molecule has 1 unspecified atom stereocenters. The third-order valence-corrected chi connectivity index (χ3v) is 6.62. The van der Waals surface area contributed by atoms with Crippen molar-refractivity contribution in [3.8, 4) is 22.6 Å². The molecular weight excluding hydrogens is 443 g/mol. The zero-order chi connectivity index (χ0) is 25.9. The van der Waals surface area contributed by atoms with Crippen molar-refractivity contribution in [3.05, 3.63) is 83.2 Å². The van der Waals surface area contributed by atoms with E-state index in [2.05, 4.69) is 26.8 Å². The van der Waals surface area contributed by atoms with E-state index in [0.29, 0.717) is 17.1 Å². The molecule has 35 heavy (non-hydrogen) atoms. The fourth-order valence-electron chi connectivity index (χ4n) is 4.15. The van der Waals surface area contributed by atoms with Crippen molar-refractivity contribution >= 4 is 5.97 Å². The van der Waals surface area contributed by atoms with E-state index in [1.807, 2.05) is 50.2 Å². The summed E-state index contributed by atoms with van der Waals surface area (Å²) in [7, 11) is 1.57. The van der Waals surface area contributed by atoms with Crippen molar-refractivity contribution in [1.82, 2.24) is 0 Å². The van der Waals surface area contributed by atoms with Crippen molar-refractivity contribution in [2.45, 2.75) is 59.0 Å². The minimum Gasteiger partial charge on any atom is -0.497 e. The van der Waals surface area contributed by atoms with Gasteiger partial charge in [-0.25, -0.2) is 4.39 Å². The fourth-order valence-corrected chi connectivity index (χ4v) is 4.15. The highest BCUT2D eigenvalue weighted by Gasteiger charge is 2.24. The number of rotatable bonds is 8. The molecule has 0 fully saturated rings. The summed E-state index contributed by atoms with van der Waals surface area (Å²) in [6, 6.07) is 18.4. The summed E-state index contributed by atoms with van der Waals surface area (Å²) in [5, 5.41) is 9.36. The molecule has 0 saturated heterocycles. The molecule has 186 valence electrons. The van der Waals surface area contributed by atoms with Gasteiger partial charge in [0.15, 0.2) is 0 Å². The molecule has 3 aromatic carbocycles. The zero-order valence-corrected chi connectivity index (χ0v) is 21.6. The molecular formula is C30H35FO4. The lowest BCUT2D eigenvalue weighted by atomic mass is 9.80. The first-order chi connectivity index (χ1) is 16.4. The molecule has 4 nitrogen and oxygen atoms in total.